The first-order chi connectivity index (χ1) is 4.74. The van der Waals surface area contributed by atoms with Crippen molar-refractivity contribution in [2.45, 2.75) is 26.3 Å². The predicted octanol–water partition coefficient (Wildman–Crippen LogP) is 1.14. The zero-order chi connectivity index (χ0) is 7.56. The van der Waals surface area contributed by atoms with Crippen molar-refractivity contribution in [3.8, 4) is 0 Å². The van der Waals surface area contributed by atoms with Crippen LogP contribution in [0.4, 0.5) is 4.79 Å². The largest absolute Gasteiger partial charge is 0.447 e. The molecule has 0 spiro atoms. The Kier molecular flexibility index (Phi) is 2.14. The van der Waals surface area contributed by atoms with Crippen LogP contribution < -0.4 is 5.32 Å². The minimum Gasteiger partial charge on any atom is -0.447 e. The third-order valence-electron chi connectivity index (χ3n) is 2.03. The third-order valence-corrected chi connectivity index (χ3v) is 2.03. The van der Waals surface area contributed by atoms with Crippen LogP contribution in [-0.4, -0.2) is 18.7 Å². The summed E-state index contributed by atoms with van der Waals surface area (Å²) in [6.07, 6.45) is 0.805. The molecule has 1 aliphatic heterocycles. The van der Waals surface area contributed by atoms with Gasteiger partial charge in [0.05, 0.1) is 6.04 Å². The molecule has 1 heterocycles. The number of carbonyl (C=O) groups is 1. The molecule has 0 aromatic carbocycles. The molecule has 0 aliphatic carbocycles. The highest BCUT2D eigenvalue weighted by Crippen LogP contribution is 2.11. The van der Waals surface area contributed by atoms with Crippen LogP contribution in [0.25, 0.3) is 0 Å². The minimum atomic E-state index is -0.273. The second kappa shape index (κ2) is 2.90. The van der Waals surface area contributed by atoms with Crippen LogP contribution in [0.5, 0.6) is 0 Å². The van der Waals surface area contributed by atoms with Crippen molar-refractivity contribution < 1.29 is 9.53 Å². The van der Waals surface area contributed by atoms with E-state index in [-0.39, 0.29) is 12.1 Å². The van der Waals surface area contributed by atoms with E-state index < -0.39 is 0 Å². The number of cyclic esters (lactones) is 1. The van der Waals surface area contributed by atoms with Gasteiger partial charge < -0.3 is 10.1 Å². The van der Waals surface area contributed by atoms with Crippen molar-refractivity contribution in [1.82, 2.24) is 5.32 Å². The molecule has 58 valence electrons. The van der Waals surface area contributed by atoms with Crippen LogP contribution in [-0.2, 0) is 4.74 Å². The first-order valence-electron chi connectivity index (χ1n) is 3.67. The molecule has 2 unspecified atom stereocenters. The van der Waals surface area contributed by atoms with E-state index in [1.807, 2.05) is 0 Å². The van der Waals surface area contributed by atoms with Gasteiger partial charge in [0.15, 0.2) is 0 Å². The van der Waals surface area contributed by atoms with Gasteiger partial charge in [-0.2, -0.15) is 0 Å². The molecule has 0 radical (unpaired) electrons. The van der Waals surface area contributed by atoms with Gasteiger partial charge in [-0.15, -0.1) is 0 Å². The quantitative estimate of drug-likeness (QED) is 0.629. The summed E-state index contributed by atoms with van der Waals surface area (Å²) >= 11 is 0. The molecule has 3 nitrogen and oxygen atoms in total. The summed E-state index contributed by atoms with van der Waals surface area (Å²) in [6.45, 7) is 4.75. The van der Waals surface area contributed by atoms with Gasteiger partial charge in [-0.3, -0.25) is 0 Å². The summed E-state index contributed by atoms with van der Waals surface area (Å²) in [4.78, 5) is 10.5. The molecule has 0 saturated carbocycles. The lowest BCUT2D eigenvalue weighted by Crippen LogP contribution is -2.32. The van der Waals surface area contributed by atoms with Crippen LogP contribution in [0.3, 0.4) is 0 Å². The lowest BCUT2D eigenvalue weighted by molar-refractivity contribution is 0.175. The number of hydrogen-bond donors (Lipinski definition) is 1. The molecule has 0 bridgehead atoms. The normalized spacial score (nSPS) is 27.4. The third kappa shape index (κ3) is 1.40. The Hall–Kier alpha value is -0.730. The Balaban J connectivity index is 2.36. The highest BCUT2D eigenvalue weighted by Gasteiger charge is 2.25. The van der Waals surface area contributed by atoms with Gasteiger partial charge in [-0.1, -0.05) is 20.3 Å². The van der Waals surface area contributed by atoms with E-state index in [1.165, 1.54) is 0 Å². The summed E-state index contributed by atoms with van der Waals surface area (Å²) in [7, 11) is 0. The average Bonchev–Trinajstić information content (AvgIpc) is 2.34. The molecule has 1 rings (SSSR count). The van der Waals surface area contributed by atoms with Gasteiger partial charge >= 0.3 is 6.09 Å². The molecule has 1 N–H and O–H groups in total. The Morgan fingerprint density at radius 3 is 3.00 bits per heavy atom. The summed E-state index contributed by atoms with van der Waals surface area (Å²) in [5, 5.41) is 2.74. The van der Waals surface area contributed by atoms with Crippen LogP contribution in [0.15, 0.2) is 0 Å². The van der Waals surface area contributed by atoms with E-state index in [4.69, 9.17) is 4.74 Å². The molecular weight excluding hydrogens is 130 g/mol. The molecule has 0 aromatic rings. The van der Waals surface area contributed by atoms with Crippen molar-refractivity contribution in [2.75, 3.05) is 6.61 Å². The van der Waals surface area contributed by atoms with E-state index in [2.05, 4.69) is 19.2 Å². The monoisotopic (exact) mass is 143 g/mol. The molecule has 3 heteroatoms. The van der Waals surface area contributed by atoms with Crippen LogP contribution in [0, 0.1) is 5.92 Å². The van der Waals surface area contributed by atoms with Gasteiger partial charge in [0.25, 0.3) is 0 Å². The standard InChI is InChI=1S/C7H13NO2/c1-3-5(2)6-4-10-7(9)8-6/h5-6H,3-4H2,1-2H3,(H,8,9). The molecule has 1 aliphatic rings. The SMILES string of the molecule is CCC(C)C1COC(=O)N1. The van der Waals surface area contributed by atoms with Crippen molar-refractivity contribution >= 4 is 6.09 Å². The van der Waals surface area contributed by atoms with Gasteiger partial charge in [0.2, 0.25) is 0 Å². The van der Waals surface area contributed by atoms with E-state index >= 15 is 0 Å². The summed E-state index contributed by atoms with van der Waals surface area (Å²) < 4.78 is 4.74. The number of hydrogen-bond acceptors (Lipinski definition) is 2. The first-order valence-corrected chi connectivity index (χ1v) is 3.67. The lowest BCUT2D eigenvalue weighted by atomic mass is 10.0. The summed E-state index contributed by atoms with van der Waals surface area (Å²) in [6, 6.07) is 0.234. The summed E-state index contributed by atoms with van der Waals surface area (Å²) in [5.41, 5.74) is 0. The van der Waals surface area contributed by atoms with Gasteiger partial charge in [-0.05, 0) is 5.92 Å². The number of rotatable bonds is 2. The van der Waals surface area contributed by atoms with Gasteiger partial charge in [-0.25, -0.2) is 4.79 Å². The van der Waals surface area contributed by atoms with Crippen molar-refractivity contribution in [3.63, 3.8) is 0 Å². The van der Waals surface area contributed by atoms with E-state index in [0.717, 1.165) is 6.42 Å². The minimum absolute atomic E-state index is 0.234. The number of ether oxygens (including phenoxy) is 1. The van der Waals surface area contributed by atoms with Gasteiger partial charge in [0.1, 0.15) is 6.61 Å². The number of carbonyl (C=O) groups excluding carboxylic acids is 1. The fourth-order valence-electron chi connectivity index (χ4n) is 0.991. The van der Waals surface area contributed by atoms with Crippen LogP contribution in [0.2, 0.25) is 0 Å². The van der Waals surface area contributed by atoms with Crippen molar-refractivity contribution in [1.29, 1.82) is 0 Å². The zero-order valence-electron chi connectivity index (χ0n) is 6.39. The Morgan fingerprint density at radius 1 is 1.90 bits per heavy atom. The maximum Gasteiger partial charge on any atom is 0.407 e. The number of amides is 1. The Labute approximate surface area is 60.7 Å². The molecular formula is C7H13NO2. The average molecular weight is 143 g/mol. The Morgan fingerprint density at radius 2 is 2.60 bits per heavy atom. The Bertz CT molecular complexity index is 136. The van der Waals surface area contributed by atoms with E-state index in [0.29, 0.717) is 12.5 Å². The molecule has 2 atom stereocenters. The molecule has 1 amide bonds. The van der Waals surface area contributed by atoms with E-state index in [9.17, 15) is 4.79 Å². The molecule has 0 aromatic heterocycles. The van der Waals surface area contributed by atoms with Crippen LogP contribution >= 0.6 is 0 Å². The smallest absolute Gasteiger partial charge is 0.407 e. The lowest BCUT2D eigenvalue weighted by Gasteiger charge is -2.13. The summed E-state index contributed by atoms with van der Waals surface area (Å²) in [5.74, 6) is 0.520. The van der Waals surface area contributed by atoms with E-state index in [1.54, 1.807) is 0 Å². The molecule has 10 heavy (non-hydrogen) atoms. The first kappa shape index (κ1) is 7.38. The fraction of sp³-hybridized carbons (Fsp3) is 0.857. The molecule has 1 fully saturated rings. The topological polar surface area (TPSA) is 38.3 Å². The number of alkyl carbamates (subject to hydrolysis) is 1. The van der Waals surface area contributed by atoms with Crippen molar-refractivity contribution in [3.05, 3.63) is 0 Å². The zero-order valence-corrected chi connectivity index (χ0v) is 6.39. The second-order valence-electron chi connectivity index (χ2n) is 2.73. The number of nitrogens with one attached hydrogen (secondary N) is 1. The molecule has 1 saturated heterocycles. The fourth-order valence-corrected chi connectivity index (χ4v) is 0.991. The van der Waals surface area contributed by atoms with Crippen molar-refractivity contribution in [2.24, 2.45) is 5.92 Å². The second-order valence-corrected chi connectivity index (χ2v) is 2.73. The maximum absolute atomic E-state index is 10.5. The maximum atomic E-state index is 10.5. The van der Waals surface area contributed by atoms with Gasteiger partial charge in [0, 0.05) is 0 Å². The predicted molar refractivity (Wildman–Crippen MR) is 37.7 cm³/mol. The van der Waals surface area contributed by atoms with Crippen LogP contribution in [0.1, 0.15) is 20.3 Å². The highest BCUT2D eigenvalue weighted by molar-refractivity contribution is 5.69. The highest BCUT2D eigenvalue weighted by atomic mass is 16.6.